The summed E-state index contributed by atoms with van der Waals surface area (Å²) in [6, 6.07) is 0.376. The molecule has 0 spiro atoms. The number of nitrogens with zero attached hydrogens (tertiary/aromatic N) is 1. The highest BCUT2D eigenvalue weighted by atomic mass is 35.5. The predicted octanol–water partition coefficient (Wildman–Crippen LogP) is 1.81. The minimum atomic E-state index is 0. The number of carbonyl (C=O) groups is 1. The van der Waals surface area contributed by atoms with Gasteiger partial charge < -0.3 is 15.4 Å². The number of amides is 1. The van der Waals surface area contributed by atoms with Crippen molar-refractivity contribution in [2.45, 2.75) is 45.1 Å². The third kappa shape index (κ3) is 4.62. The third-order valence-electron chi connectivity index (χ3n) is 4.42. The Balaban J connectivity index is 0.00000180. The van der Waals surface area contributed by atoms with E-state index in [1.807, 2.05) is 4.90 Å². The Morgan fingerprint density at radius 1 is 1.32 bits per heavy atom. The molecule has 0 aliphatic carbocycles. The molecule has 2 heterocycles. The van der Waals surface area contributed by atoms with E-state index in [9.17, 15) is 4.79 Å². The molecule has 2 N–H and O–H groups in total. The van der Waals surface area contributed by atoms with Crippen LogP contribution in [0.1, 0.15) is 39.0 Å². The number of hydrogen-bond donors (Lipinski definition) is 1. The summed E-state index contributed by atoms with van der Waals surface area (Å²) in [5.74, 6) is 1.52. The van der Waals surface area contributed by atoms with Crippen LogP contribution in [0.2, 0.25) is 0 Å². The van der Waals surface area contributed by atoms with E-state index in [1.54, 1.807) is 0 Å². The van der Waals surface area contributed by atoms with Crippen LogP contribution in [-0.4, -0.2) is 43.2 Å². The fraction of sp³-hybridized carbons (Fsp3) is 0.929. The molecular formula is C14H27ClN2O2. The SMILES string of the molecule is CC1CC(CN)CN1C(=O)CCC1CCOCC1.Cl. The highest BCUT2D eigenvalue weighted by Crippen LogP contribution is 2.25. The van der Waals surface area contributed by atoms with Crippen molar-refractivity contribution < 1.29 is 9.53 Å². The molecule has 1 amide bonds. The summed E-state index contributed by atoms with van der Waals surface area (Å²) >= 11 is 0. The Kier molecular flexibility index (Phi) is 7.11. The molecule has 0 aromatic rings. The van der Waals surface area contributed by atoms with Gasteiger partial charge in [0, 0.05) is 32.2 Å². The van der Waals surface area contributed by atoms with Crippen molar-refractivity contribution in [1.82, 2.24) is 4.90 Å². The zero-order chi connectivity index (χ0) is 13.0. The Morgan fingerprint density at radius 3 is 2.58 bits per heavy atom. The molecule has 0 radical (unpaired) electrons. The number of rotatable bonds is 4. The van der Waals surface area contributed by atoms with E-state index in [0.29, 0.717) is 36.8 Å². The van der Waals surface area contributed by atoms with Crippen LogP contribution in [0, 0.1) is 11.8 Å². The van der Waals surface area contributed by atoms with Gasteiger partial charge in [0.1, 0.15) is 0 Å². The number of hydrogen-bond acceptors (Lipinski definition) is 3. The smallest absolute Gasteiger partial charge is 0.222 e. The molecule has 19 heavy (non-hydrogen) atoms. The molecule has 0 bridgehead atoms. The van der Waals surface area contributed by atoms with Crippen molar-refractivity contribution in [3.05, 3.63) is 0 Å². The Labute approximate surface area is 122 Å². The topological polar surface area (TPSA) is 55.6 Å². The van der Waals surface area contributed by atoms with Gasteiger partial charge in [-0.2, -0.15) is 0 Å². The van der Waals surface area contributed by atoms with Crippen LogP contribution in [0.25, 0.3) is 0 Å². The van der Waals surface area contributed by atoms with Gasteiger partial charge in [0.25, 0.3) is 0 Å². The van der Waals surface area contributed by atoms with Crippen molar-refractivity contribution in [3.63, 3.8) is 0 Å². The average molecular weight is 291 g/mol. The minimum Gasteiger partial charge on any atom is -0.381 e. The highest BCUT2D eigenvalue weighted by molar-refractivity contribution is 5.85. The molecule has 2 atom stereocenters. The predicted molar refractivity (Wildman–Crippen MR) is 78.4 cm³/mol. The Bertz CT molecular complexity index is 283. The molecule has 2 aliphatic heterocycles. The van der Waals surface area contributed by atoms with Crippen molar-refractivity contribution in [1.29, 1.82) is 0 Å². The normalized spacial score (nSPS) is 28.2. The summed E-state index contributed by atoms with van der Waals surface area (Å²) in [5, 5.41) is 0. The molecule has 2 saturated heterocycles. The van der Waals surface area contributed by atoms with E-state index in [0.717, 1.165) is 45.4 Å². The van der Waals surface area contributed by atoms with Crippen LogP contribution in [0.4, 0.5) is 0 Å². The van der Waals surface area contributed by atoms with Gasteiger partial charge in [-0.25, -0.2) is 0 Å². The molecule has 2 aliphatic rings. The molecule has 0 aromatic carbocycles. The van der Waals surface area contributed by atoms with Gasteiger partial charge in [-0.1, -0.05) is 0 Å². The standard InChI is InChI=1S/C14H26N2O2.ClH/c1-11-8-13(9-15)10-16(11)14(17)3-2-12-4-6-18-7-5-12;/h11-13H,2-10,15H2,1H3;1H. The van der Waals surface area contributed by atoms with E-state index >= 15 is 0 Å². The first-order chi connectivity index (χ1) is 8.70. The molecule has 5 heteroatoms. The van der Waals surface area contributed by atoms with Gasteiger partial charge in [0.05, 0.1) is 0 Å². The van der Waals surface area contributed by atoms with Crippen LogP contribution in [0.3, 0.4) is 0 Å². The largest absolute Gasteiger partial charge is 0.381 e. The second-order valence-electron chi connectivity index (χ2n) is 5.83. The highest BCUT2D eigenvalue weighted by Gasteiger charge is 2.31. The van der Waals surface area contributed by atoms with E-state index in [1.165, 1.54) is 0 Å². The number of ether oxygens (including phenoxy) is 1. The van der Waals surface area contributed by atoms with Gasteiger partial charge in [-0.3, -0.25) is 4.79 Å². The lowest BCUT2D eigenvalue weighted by Gasteiger charge is -2.25. The molecule has 4 nitrogen and oxygen atoms in total. The van der Waals surface area contributed by atoms with Crippen LogP contribution in [-0.2, 0) is 9.53 Å². The Hall–Kier alpha value is -0.320. The zero-order valence-electron chi connectivity index (χ0n) is 11.8. The fourth-order valence-electron chi connectivity index (χ4n) is 3.17. The van der Waals surface area contributed by atoms with E-state index in [4.69, 9.17) is 10.5 Å². The lowest BCUT2D eigenvalue weighted by atomic mass is 9.94. The molecule has 0 saturated carbocycles. The maximum Gasteiger partial charge on any atom is 0.222 e. The molecule has 2 unspecified atom stereocenters. The second-order valence-corrected chi connectivity index (χ2v) is 5.83. The van der Waals surface area contributed by atoms with Crippen molar-refractivity contribution >= 4 is 18.3 Å². The minimum absolute atomic E-state index is 0. The second kappa shape index (κ2) is 8.08. The molecular weight excluding hydrogens is 264 g/mol. The summed E-state index contributed by atoms with van der Waals surface area (Å²) in [4.78, 5) is 14.3. The number of likely N-dealkylation sites (tertiary alicyclic amines) is 1. The fourth-order valence-corrected chi connectivity index (χ4v) is 3.17. The van der Waals surface area contributed by atoms with Crippen LogP contribution >= 0.6 is 12.4 Å². The number of carbonyl (C=O) groups excluding carboxylic acids is 1. The van der Waals surface area contributed by atoms with Gasteiger partial charge >= 0.3 is 0 Å². The van der Waals surface area contributed by atoms with Gasteiger partial charge in [-0.05, 0) is 51.0 Å². The molecule has 112 valence electrons. The van der Waals surface area contributed by atoms with Crippen molar-refractivity contribution in [3.8, 4) is 0 Å². The van der Waals surface area contributed by atoms with E-state index in [2.05, 4.69) is 6.92 Å². The first-order valence-electron chi connectivity index (χ1n) is 7.28. The van der Waals surface area contributed by atoms with E-state index < -0.39 is 0 Å². The monoisotopic (exact) mass is 290 g/mol. The number of halogens is 1. The zero-order valence-corrected chi connectivity index (χ0v) is 12.7. The summed E-state index contributed by atoms with van der Waals surface area (Å²) in [6.07, 6.45) is 5.03. The molecule has 2 rings (SSSR count). The quantitative estimate of drug-likeness (QED) is 0.859. The van der Waals surface area contributed by atoms with Gasteiger partial charge in [-0.15, -0.1) is 12.4 Å². The first-order valence-corrected chi connectivity index (χ1v) is 7.28. The van der Waals surface area contributed by atoms with Gasteiger partial charge in [0.2, 0.25) is 5.91 Å². The lowest BCUT2D eigenvalue weighted by molar-refractivity contribution is -0.132. The lowest BCUT2D eigenvalue weighted by Crippen LogP contribution is -2.34. The van der Waals surface area contributed by atoms with Crippen molar-refractivity contribution in [2.75, 3.05) is 26.3 Å². The number of nitrogens with two attached hydrogens (primary N) is 1. The molecule has 2 fully saturated rings. The summed E-state index contributed by atoms with van der Waals surface area (Å²) in [7, 11) is 0. The molecule has 0 aromatic heterocycles. The summed E-state index contributed by atoms with van der Waals surface area (Å²) in [6.45, 7) is 5.45. The summed E-state index contributed by atoms with van der Waals surface area (Å²) in [5.41, 5.74) is 5.70. The summed E-state index contributed by atoms with van der Waals surface area (Å²) < 4.78 is 5.34. The van der Waals surface area contributed by atoms with Crippen LogP contribution in [0.5, 0.6) is 0 Å². The van der Waals surface area contributed by atoms with Crippen LogP contribution in [0.15, 0.2) is 0 Å². The van der Waals surface area contributed by atoms with Crippen molar-refractivity contribution in [2.24, 2.45) is 17.6 Å². The maximum atomic E-state index is 12.2. The van der Waals surface area contributed by atoms with Crippen LogP contribution < -0.4 is 5.73 Å². The van der Waals surface area contributed by atoms with E-state index in [-0.39, 0.29) is 12.4 Å². The third-order valence-corrected chi connectivity index (χ3v) is 4.42. The maximum absolute atomic E-state index is 12.2. The Morgan fingerprint density at radius 2 is 2.00 bits per heavy atom. The first kappa shape index (κ1) is 16.7. The average Bonchev–Trinajstić information content (AvgIpc) is 2.78. The van der Waals surface area contributed by atoms with Gasteiger partial charge in [0.15, 0.2) is 0 Å².